The van der Waals surface area contributed by atoms with Crippen molar-refractivity contribution in [1.82, 2.24) is 15.6 Å². The summed E-state index contributed by atoms with van der Waals surface area (Å²) in [7, 11) is 1.79. The number of halogens is 1. The summed E-state index contributed by atoms with van der Waals surface area (Å²) in [4.78, 5) is 11.1. The molecular formula is C19H32IN5O2. The topological polar surface area (TPSA) is 71.0 Å². The predicted octanol–water partition coefficient (Wildman–Crippen LogP) is 2.16. The number of rotatable bonds is 5. The summed E-state index contributed by atoms with van der Waals surface area (Å²) in [5, 5.41) is 6.76. The molecule has 0 bridgehead atoms. The van der Waals surface area contributed by atoms with Crippen LogP contribution in [0.3, 0.4) is 0 Å². The van der Waals surface area contributed by atoms with E-state index in [0.717, 1.165) is 57.5 Å². The number of anilines is 1. The molecule has 27 heavy (non-hydrogen) atoms. The van der Waals surface area contributed by atoms with Crippen LogP contribution in [0.1, 0.15) is 32.3 Å². The minimum absolute atomic E-state index is 0. The first-order valence-corrected chi connectivity index (χ1v) is 9.48. The van der Waals surface area contributed by atoms with Crippen molar-refractivity contribution in [2.24, 2.45) is 4.99 Å². The Balaban J connectivity index is 0.00000261. The lowest BCUT2D eigenvalue weighted by Crippen LogP contribution is -2.45. The van der Waals surface area contributed by atoms with Gasteiger partial charge in [0.2, 0.25) is 0 Å². The second kappa shape index (κ2) is 10.4. The third-order valence-corrected chi connectivity index (χ3v) is 4.99. The molecule has 2 unspecified atom stereocenters. The predicted molar refractivity (Wildman–Crippen MR) is 119 cm³/mol. The molecule has 0 spiro atoms. The van der Waals surface area contributed by atoms with Gasteiger partial charge in [-0.3, -0.25) is 4.99 Å². The Bertz CT molecular complexity index is 622. The lowest BCUT2D eigenvalue weighted by atomic mass is 10.0. The van der Waals surface area contributed by atoms with Gasteiger partial charge in [0.1, 0.15) is 5.82 Å². The second-order valence-electron chi connectivity index (χ2n) is 7.33. The largest absolute Gasteiger partial charge is 0.375 e. The van der Waals surface area contributed by atoms with Crippen LogP contribution in [0.25, 0.3) is 0 Å². The van der Waals surface area contributed by atoms with E-state index >= 15 is 0 Å². The first-order chi connectivity index (χ1) is 12.6. The van der Waals surface area contributed by atoms with Gasteiger partial charge in [-0.05, 0) is 44.4 Å². The fourth-order valence-electron chi connectivity index (χ4n) is 3.42. The quantitative estimate of drug-likeness (QED) is 0.376. The molecule has 2 saturated heterocycles. The molecule has 3 rings (SSSR count). The standard InChI is InChI=1S/C19H31N5O2.HI/c1-15-13-24(8-10-25-15)17-11-16(5-7-21-17)12-22-18(20-3)23-14-19(2)6-4-9-26-19;/h5,7,11,15H,4,6,8-10,12-14H2,1-3H3,(H2,20,22,23);1H. The van der Waals surface area contributed by atoms with Crippen molar-refractivity contribution in [1.29, 1.82) is 0 Å². The van der Waals surface area contributed by atoms with E-state index in [0.29, 0.717) is 6.54 Å². The molecule has 1 aromatic heterocycles. The van der Waals surface area contributed by atoms with E-state index in [1.54, 1.807) is 7.05 Å². The summed E-state index contributed by atoms with van der Waals surface area (Å²) < 4.78 is 11.4. The maximum Gasteiger partial charge on any atom is 0.191 e. The first-order valence-electron chi connectivity index (χ1n) is 9.48. The SMILES string of the molecule is CN=C(NCc1ccnc(N2CCOC(C)C2)c1)NCC1(C)CCCO1.I. The van der Waals surface area contributed by atoms with Gasteiger partial charge >= 0.3 is 0 Å². The number of guanidine groups is 1. The summed E-state index contributed by atoms with van der Waals surface area (Å²) in [6.07, 6.45) is 4.33. The third kappa shape index (κ3) is 6.46. The molecule has 0 radical (unpaired) electrons. The number of aromatic nitrogens is 1. The van der Waals surface area contributed by atoms with Crippen molar-refractivity contribution in [2.45, 2.75) is 44.9 Å². The van der Waals surface area contributed by atoms with Crippen molar-refractivity contribution < 1.29 is 9.47 Å². The van der Waals surface area contributed by atoms with E-state index in [2.05, 4.69) is 45.4 Å². The Hall–Kier alpha value is -1.13. The van der Waals surface area contributed by atoms with Gasteiger partial charge in [-0.2, -0.15) is 0 Å². The van der Waals surface area contributed by atoms with Crippen molar-refractivity contribution in [3.8, 4) is 0 Å². The lowest BCUT2D eigenvalue weighted by Gasteiger charge is -2.32. The van der Waals surface area contributed by atoms with Gasteiger partial charge in [-0.1, -0.05) is 0 Å². The fourth-order valence-corrected chi connectivity index (χ4v) is 3.42. The smallest absolute Gasteiger partial charge is 0.191 e. The van der Waals surface area contributed by atoms with E-state index < -0.39 is 0 Å². The van der Waals surface area contributed by atoms with Crippen molar-refractivity contribution >= 4 is 35.8 Å². The lowest BCUT2D eigenvalue weighted by molar-refractivity contribution is 0.0243. The van der Waals surface area contributed by atoms with E-state index in [-0.39, 0.29) is 35.7 Å². The van der Waals surface area contributed by atoms with Gasteiger partial charge in [0.05, 0.1) is 18.3 Å². The summed E-state index contributed by atoms with van der Waals surface area (Å²) >= 11 is 0. The van der Waals surface area contributed by atoms with Gasteiger partial charge in [0, 0.05) is 46.0 Å². The molecule has 152 valence electrons. The molecule has 2 N–H and O–H groups in total. The van der Waals surface area contributed by atoms with Crippen LogP contribution in [0.4, 0.5) is 5.82 Å². The summed E-state index contributed by atoms with van der Waals surface area (Å²) in [5.74, 6) is 1.80. The van der Waals surface area contributed by atoms with Crippen molar-refractivity contribution in [3.63, 3.8) is 0 Å². The van der Waals surface area contributed by atoms with Gasteiger partial charge in [0.15, 0.2) is 5.96 Å². The number of aliphatic imine (C=N–C) groups is 1. The Morgan fingerprint density at radius 1 is 1.41 bits per heavy atom. The number of hydrogen-bond acceptors (Lipinski definition) is 5. The highest BCUT2D eigenvalue weighted by molar-refractivity contribution is 14.0. The molecule has 2 aliphatic rings. The van der Waals surface area contributed by atoms with Gasteiger partial charge in [-0.15, -0.1) is 24.0 Å². The monoisotopic (exact) mass is 489 g/mol. The van der Waals surface area contributed by atoms with E-state index in [1.165, 1.54) is 5.56 Å². The summed E-state index contributed by atoms with van der Waals surface area (Å²) in [6, 6.07) is 4.18. The molecule has 2 fully saturated rings. The number of nitrogens with one attached hydrogen (secondary N) is 2. The number of ether oxygens (including phenoxy) is 2. The molecule has 0 aromatic carbocycles. The normalized spacial score (nSPS) is 25.8. The Labute approximate surface area is 179 Å². The summed E-state index contributed by atoms with van der Waals surface area (Å²) in [5.41, 5.74) is 1.09. The van der Waals surface area contributed by atoms with Crippen LogP contribution >= 0.6 is 24.0 Å². The molecule has 7 nitrogen and oxygen atoms in total. The molecule has 0 amide bonds. The fraction of sp³-hybridized carbons (Fsp3) is 0.684. The second-order valence-corrected chi connectivity index (χ2v) is 7.33. The number of nitrogens with zero attached hydrogens (tertiary/aromatic N) is 3. The number of pyridine rings is 1. The van der Waals surface area contributed by atoms with Crippen molar-refractivity contribution in [3.05, 3.63) is 23.9 Å². The molecule has 1 aromatic rings. The molecule has 3 heterocycles. The molecule has 0 saturated carbocycles. The molecule has 2 aliphatic heterocycles. The maximum absolute atomic E-state index is 5.82. The van der Waals surface area contributed by atoms with Crippen LogP contribution in [0.5, 0.6) is 0 Å². The van der Waals surface area contributed by atoms with Crippen LogP contribution < -0.4 is 15.5 Å². The van der Waals surface area contributed by atoms with Crippen LogP contribution in [0.2, 0.25) is 0 Å². The Morgan fingerprint density at radius 2 is 2.26 bits per heavy atom. The highest BCUT2D eigenvalue weighted by atomic mass is 127. The van der Waals surface area contributed by atoms with Gasteiger partial charge in [0.25, 0.3) is 0 Å². The van der Waals surface area contributed by atoms with Crippen molar-refractivity contribution in [2.75, 3.05) is 44.8 Å². The first kappa shape index (κ1) is 22.2. The average molecular weight is 489 g/mol. The zero-order valence-electron chi connectivity index (χ0n) is 16.5. The number of morpholine rings is 1. The minimum Gasteiger partial charge on any atom is -0.375 e. The molecular weight excluding hydrogens is 457 g/mol. The van der Waals surface area contributed by atoms with E-state index in [4.69, 9.17) is 9.47 Å². The van der Waals surface area contributed by atoms with E-state index in [9.17, 15) is 0 Å². The zero-order chi connectivity index (χ0) is 18.4. The highest BCUT2D eigenvalue weighted by Gasteiger charge is 2.29. The molecule has 2 atom stereocenters. The van der Waals surface area contributed by atoms with Crippen LogP contribution in [0.15, 0.2) is 23.3 Å². The van der Waals surface area contributed by atoms with Gasteiger partial charge < -0.3 is 25.0 Å². The summed E-state index contributed by atoms with van der Waals surface area (Å²) in [6.45, 7) is 9.09. The van der Waals surface area contributed by atoms with Gasteiger partial charge in [-0.25, -0.2) is 4.98 Å². The van der Waals surface area contributed by atoms with Crippen LogP contribution in [-0.4, -0.2) is 62.5 Å². The van der Waals surface area contributed by atoms with E-state index in [1.807, 2.05) is 12.3 Å². The average Bonchev–Trinajstić information content (AvgIpc) is 3.09. The zero-order valence-corrected chi connectivity index (χ0v) is 18.9. The number of hydrogen-bond donors (Lipinski definition) is 2. The highest BCUT2D eigenvalue weighted by Crippen LogP contribution is 2.23. The minimum atomic E-state index is -0.0888. The Kier molecular flexibility index (Phi) is 8.56. The molecule has 8 heteroatoms. The van der Waals surface area contributed by atoms with Crippen LogP contribution in [0, 0.1) is 0 Å². The Morgan fingerprint density at radius 3 is 2.96 bits per heavy atom. The van der Waals surface area contributed by atoms with Crippen LogP contribution in [-0.2, 0) is 16.0 Å². The third-order valence-electron chi connectivity index (χ3n) is 4.99. The molecule has 0 aliphatic carbocycles. The maximum atomic E-state index is 5.82.